The summed E-state index contributed by atoms with van der Waals surface area (Å²) in [6, 6.07) is 1.44. The summed E-state index contributed by atoms with van der Waals surface area (Å²) >= 11 is 0. The molecule has 0 spiro atoms. The molecule has 0 aromatic rings. The highest BCUT2D eigenvalue weighted by Gasteiger charge is 2.36. The molecule has 7 heteroatoms. The number of hydrogen-bond acceptors (Lipinski definition) is 4. The van der Waals surface area contributed by atoms with Crippen LogP contribution in [0.2, 0.25) is 0 Å². The molecule has 0 bridgehead atoms. The predicted molar refractivity (Wildman–Crippen MR) is 80.4 cm³/mol. The standard InChI is InChI=1S/C15H24N4O3/c1-15(2,3)19(13(21)9-17-10-20)12(8-16)7-11-5-4-6-18-14(11)22/h10-12H,4-7,9H2,1-3H3,(H,17,20)(H,18,22). The minimum Gasteiger partial charge on any atom is -0.356 e. The maximum Gasteiger partial charge on any atom is 0.243 e. The monoisotopic (exact) mass is 308 g/mol. The third-order valence-electron chi connectivity index (χ3n) is 3.70. The summed E-state index contributed by atoms with van der Waals surface area (Å²) in [5.74, 6) is -0.642. The van der Waals surface area contributed by atoms with Crippen LogP contribution >= 0.6 is 0 Å². The van der Waals surface area contributed by atoms with Crippen LogP contribution in [0, 0.1) is 17.2 Å². The second-order valence-corrected chi connectivity index (χ2v) is 6.44. The van der Waals surface area contributed by atoms with E-state index in [4.69, 9.17) is 0 Å². The summed E-state index contributed by atoms with van der Waals surface area (Å²) in [7, 11) is 0. The number of rotatable bonds is 6. The van der Waals surface area contributed by atoms with E-state index in [1.807, 2.05) is 20.8 Å². The lowest BCUT2D eigenvalue weighted by Gasteiger charge is -2.40. The zero-order valence-electron chi connectivity index (χ0n) is 13.4. The Bertz CT molecular complexity index is 464. The predicted octanol–water partition coefficient (Wildman–Crippen LogP) is 0.168. The molecule has 0 aromatic carbocycles. The van der Waals surface area contributed by atoms with Crippen LogP contribution < -0.4 is 10.6 Å². The Morgan fingerprint density at radius 2 is 2.27 bits per heavy atom. The Kier molecular flexibility index (Phi) is 6.35. The summed E-state index contributed by atoms with van der Waals surface area (Å²) in [6.07, 6.45) is 2.37. The third-order valence-corrected chi connectivity index (χ3v) is 3.70. The second kappa shape index (κ2) is 7.78. The molecule has 0 radical (unpaired) electrons. The lowest BCUT2D eigenvalue weighted by atomic mass is 9.89. The number of nitrogens with one attached hydrogen (secondary N) is 2. The zero-order valence-corrected chi connectivity index (χ0v) is 13.4. The quantitative estimate of drug-likeness (QED) is 0.683. The first-order chi connectivity index (χ1) is 10.3. The Balaban J connectivity index is 2.89. The minimum absolute atomic E-state index is 0.0566. The van der Waals surface area contributed by atoms with Crippen molar-refractivity contribution in [2.24, 2.45) is 5.92 Å². The van der Waals surface area contributed by atoms with Crippen LogP contribution in [0.3, 0.4) is 0 Å². The molecule has 1 saturated heterocycles. The van der Waals surface area contributed by atoms with E-state index in [0.29, 0.717) is 19.4 Å². The summed E-state index contributed by atoms with van der Waals surface area (Å²) in [4.78, 5) is 36.0. The van der Waals surface area contributed by atoms with E-state index >= 15 is 0 Å². The maximum absolute atomic E-state index is 12.3. The first-order valence-electron chi connectivity index (χ1n) is 7.47. The molecule has 0 saturated carbocycles. The Labute approximate surface area is 131 Å². The van der Waals surface area contributed by atoms with Gasteiger partial charge in [0, 0.05) is 18.0 Å². The molecule has 0 aromatic heterocycles. The molecule has 1 aliphatic rings. The largest absolute Gasteiger partial charge is 0.356 e. The van der Waals surface area contributed by atoms with Gasteiger partial charge in [0.2, 0.25) is 18.2 Å². The van der Waals surface area contributed by atoms with Crippen molar-refractivity contribution >= 4 is 18.2 Å². The highest BCUT2D eigenvalue weighted by molar-refractivity contribution is 5.82. The molecule has 3 amide bonds. The van der Waals surface area contributed by atoms with Crippen LogP contribution in [0.25, 0.3) is 0 Å². The summed E-state index contributed by atoms with van der Waals surface area (Å²) in [6.45, 7) is 6.00. The Morgan fingerprint density at radius 1 is 1.59 bits per heavy atom. The van der Waals surface area contributed by atoms with Crippen LogP contribution in [0.1, 0.15) is 40.0 Å². The molecule has 2 atom stereocenters. The van der Waals surface area contributed by atoms with E-state index in [9.17, 15) is 19.6 Å². The topological polar surface area (TPSA) is 102 Å². The molecule has 22 heavy (non-hydrogen) atoms. The third kappa shape index (κ3) is 4.72. The normalized spacial score (nSPS) is 19.5. The number of piperidine rings is 1. The van der Waals surface area contributed by atoms with Gasteiger partial charge in [-0.05, 0) is 40.0 Å². The summed E-state index contributed by atoms with van der Waals surface area (Å²) in [5.41, 5.74) is -0.576. The van der Waals surface area contributed by atoms with Crippen LogP contribution in [-0.4, -0.2) is 47.8 Å². The smallest absolute Gasteiger partial charge is 0.243 e. The second-order valence-electron chi connectivity index (χ2n) is 6.44. The molecule has 122 valence electrons. The van der Waals surface area contributed by atoms with Crippen molar-refractivity contribution in [2.45, 2.75) is 51.6 Å². The Hall–Kier alpha value is -2.10. The van der Waals surface area contributed by atoms with Gasteiger partial charge in [0.05, 0.1) is 12.6 Å². The van der Waals surface area contributed by atoms with Crippen molar-refractivity contribution in [1.29, 1.82) is 5.26 Å². The molecule has 0 aliphatic carbocycles. The van der Waals surface area contributed by atoms with Crippen LogP contribution in [0.4, 0.5) is 0 Å². The van der Waals surface area contributed by atoms with Crippen molar-refractivity contribution in [1.82, 2.24) is 15.5 Å². The fourth-order valence-corrected chi connectivity index (χ4v) is 2.78. The summed E-state index contributed by atoms with van der Waals surface area (Å²) in [5, 5.41) is 14.6. The number of carbonyl (C=O) groups is 3. The number of nitrogens with zero attached hydrogens (tertiary/aromatic N) is 2. The molecule has 1 fully saturated rings. The van der Waals surface area contributed by atoms with E-state index < -0.39 is 11.6 Å². The molecule has 7 nitrogen and oxygen atoms in total. The number of carbonyl (C=O) groups excluding carboxylic acids is 3. The molecular weight excluding hydrogens is 284 g/mol. The molecule has 2 N–H and O–H groups in total. The first-order valence-corrected chi connectivity index (χ1v) is 7.47. The zero-order chi connectivity index (χ0) is 16.8. The van der Waals surface area contributed by atoms with Gasteiger partial charge in [0.15, 0.2) is 0 Å². The van der Waals surface area contributed by atoms with Gasteiger partial charge in [0.25, 0.3) is 0 Å². The molecule has 1 aliphatic heterocycles. The molecule has 1 rings (SSSR count). The van der Waals surface area contributed by atoms with Crippen molar-refractivity contribution in [3.63, 3.8) is 0 Å². The lowest BCUT2D eigenvalue weighted by Crippen LogP contribution is -2.55. The van der Waals surface area contributed by atoms with Gasteiger partial charge in [-0.1, -0.05) is 0 Å². The highest BCUT2D eigenvalue weighted by Crippen LogP contribution is 2.25. The molecule has 2 unspecified atom stereocenters. The minimum atomic E-state index is -0.699. The number of nitriles is 1. The molecular formula is C15H24N4O3. The average Bonchev–Trinajstić information content (AvgIpc) is 2.45. The van der Waals surface area contributed by atoms with E-state index in [2.05, 4.69) is 16.7 Å². The van der Waals surface area contributed by atoms with Crippen molar-refractivity contribution in [3.8, 4) is 6.07 Å². The van der Waals surface area contributed by atoms with E-state index in [-0.39, 0.29) is 24.3 Å². The fraction of sp³-hybridized carbons (Fsp3) is 0.733. The fourth-order valence-electron chi connectivity index (χ4n) is 2.78. The SMILES string of the molecule is CC(C)(C)N(C(=O)CNC=O)C(C#N)CC1CCCNC1=O. The first kappa shape index (κ1) is 18.0. The van der Waals surface area contributed by atoms with Crippen molar-refractivity contribution in [2.75, 3.05) is 13.1 Å². The van der Waals surface area contributed by atoms with Gasteiger partial charge in [-0.3, -0.25) is 14.4 Å². The average molecular weight is 308 g/mol. The van der Waals surface area contributed by atoms with E-state index in [1.54, 1.807) is 0 Å². The van der Waals surface area contributed by atoms with Gasteiger partial charge in [-0.2, -0.15) is 5.26 Å². The maximum atomic E-state index is 12.3. The van der Waals surface area contributed by atoms with E-state index in [0.717, 1.165) is 12.8 Å². The van der Waals surface area contributed by atoms with Crippen molar-refractivity contribution < 1.29 is 14.4 Å². The van der Waals surface area contributed by atoms with E-state index in [1.165, 1.54) is 4.90 Å². The molecule has 1 heterocycles. The highest BCUT2D eigenvalue weighted by atomic mass is 16.2. The van der Waals surface area contributed by atoms with Gasteiger partial charge in [-0.25, -0.2) is 0 Å². The van der Waals surface area contributed by atoms with Gasteiger partial charge < -0.3 is 15.5 Å². The van der Waals surface area contributed by atoms with Gasteiger partial charge >= 0.3 is 0 Å². The number of hydrogen-bond donors (Lipinski definition) is 2. The summed E-state index contributed by atoms with van der Waals surface area (Å²) < 4.78 is 0. The van der Waals surface area contributed by atoms with Gasteiger partial charge in [0.1, 0.15) is 6.04 Å². The van der Waals surface area contributed by atoms with Crippen LogP contribution in [-0.2, 0) is 14.4 Å². The van der Waals surface area contributed by atoms with Gasteiger partial charge in [-0.15, -0.1) is 0 Å². The van der Waals surface area contributed by atoms with Crippen LogP contribution in [0.5, 0.6) is 0 Å². The Morgan fingerprint density at radius 3 is 2.77 bits per heavy atom. The number of amides is 3. The van der Waals surface area contributed by atoms with Crippen LogP contribution in [0.15, 0.2) is 0 Å². The lowest BCUT2D eigenvalue weighted by molar-refractivity contribution is -0.139. The van der Waals surface area contributed by atoms with Crippen molar-refractivity contribution in [3.05, 3.63) is 0 Å².